The first-order valence-electron chi connectivity index (χ1n) is 9.97. The number of aryl methyl sites for hydroxylation is 1. The van der Waals surface area contributed by atoms with Crippen LogP contribution in [-0.4, -0.2) is 36.2 Å². The molecule has 0 fully saturated rings. The molecule has 0 radical (unpaired) electrons. The Balaban J connectivity index is 1.35. The average Bonchev–Trinajstić information content (AvgIpc) is 3.39. The minimum atomic E-state index is -0.290. The zero-order valence-corrected chi connectivity index (χ0v) is 18.6. The first-order valence-corrected chi connectivity index (χ1v) is 11.3. The van der Waals surface area contributed by atoms with Gasteiger partial charge in [0.2, 0.25) is 5.91 Å². The lowest BCUT2D eigenvalue weighted by molar-refractivity contribution is -0.113. The van der Waals surface area contributed by atoms with Gasteiger partial charge in [-0.15, -0.1) is 5.10 Å². The summed E-state index contributed by atoms with van der Waals surface area (Å²) in [6, 6.07) is 19.1. The van der Waals surface area contributed by atoms with E-state index in [-0.39, 0.29) is 17.3 Å². The Labute approximate surface area is 193 Å². The van der Waals surface area contributed by atoms with Crippen molar-refractivity contribution < 1.29 is 4.79 Å². The molecule has 2 aromatic carbocycles. The highest BCUT2D eigenvalue weighted by Crippen LogP contribution is 2.19. The van der Waals surface area contributed by atoms with Crippen molar-refractivity contribution in [3.05, 3.63) is 93.5 Å². The number of aromatic amines is 1. The van der Waals surface area contributed by atoms with Gasteiger partial charge in [-0.25, -0.2) is 14.6 Å². The van der Waals surface area contributed by atoms with Crippen LogP contribution in [0, 0.1) is 0 Å². The molecule has 0 aliphatic rings. The van der Waals surface area contributed by atoms with Crippen LogP contribution >= 0.6 is 23.4 Å². The number of benzene rings is 2. The maximum Gasteiger partial charge on any atom is 0.343 e. The molecular formula is C22H21ClN6O2S. The number of H-pyrrole nitrogens is 1. The zero-order chi connectivity index (χ0) is 22.3. The number of nitrogens with one attached hydrogen (secondary N) is 2. The Kier molecular flexibility index (Phi) is 7.08. The number of halogens is 1. The fourth-order valence-corrected chi connectivity index (χ4v) is 4.13. The third-order valence-electron chi connectivity index (χ3n) is 4.78. The number of carbonyl (C=O) groups is 1. The molecule has 8 nitrogen and oxygen atoms in total. The molecule has 0 aliphatic carbocycles. The molecule has 2 heterocycles. The predicted molar refractivity (Wildman–Crippen MR) is 125 cm³/mol. The van der Waals surface area contributed by atoms with Gasteiger partial charge in [-0.1, -0.05) is 71.9 Å². The van der Waals surface area contributed by atoms with E-state index in [1.807, 2.05) is 54.6 Å². The summed E-state index contributed by atoms with van der Waals surface area (Å²) in [5.74, 6) is 0.451. The van der Waals surface area contributed by atoms with Gasteiger partial charge in [0.15, 0.2) is 5.16 Å². The van der Waals surface area contributed by atoms with E-state index in [1.54, 1.807) is 21.5 Å². The molecule has 1 amide bonds. The van der Waals surface area contributed by atoms with Crippen molar-refractivity contribution in [2.24, 2.45) is 0 Å². The number of anilines is 1. The average molecular weight is 469 g/mol. The smallest absolute Gasteiger partial charge is 0.310 e. The maximum absolute atomic E-state index is 12.5. The monoisotopic (exact) mass is 468 g/mol. The van der Waals surface area contributed by atoms with E-state index < -0.39 is 0 Å². The van der Waals surface area contributed by atoms with Crippen LogP contribution in [0.1, 0.15) is 11.1 Å². The topological polar surface area (TPSA) is 97.6 Å². The third kappa shape index (κ3) is 5.49. The minimum Gasteiger partial charge on any atom is -0.310 e. The molecule has 164 valence electrons. The van der Waals surface area contributed by atoms with E-state index in [1.165, 1.54) is 11.8 Å². The highest BCUT2D eigenvalue weighted by Gasteiger charge is 2.13. The van der Waals surface area contributed by atoms with E-state index in [2.05, 4.69) is 20.6 Å². The van der Waals surface area contributed by atoms with E-state index in [0.717, 1.165) is 11.1 Å². The van der Waals surface area contributed by atoms with E-state index in [4.69, 9.17) is 11.6 Å². The summed E-state index contributed by atoms with van der Waals surface area (Å²) < 4.78 is 3.22. The lowest BCUT2D eigenvalue weighted by Gasteiger charge is -2.10. The summed E-state index contributed by atoms with van der Waals surface area (Å²) >= 11 is 7.43. The van der Waals surface area contributed by atoms with Crippen LogP contribution in [0.4, 0.5) is 5.82 Å². The molecule has 2 N–H and O–H groups in total. The van der Waals surface area contributed by atoms with E-state index in [0.29, 0.717) is 35.5 Å². The van der Waals surface area contributed by atoms with Gasteiger partial charge in [0.25, 0.3) is 0 Å². The van der Waals surface area contributed by atoms with Gasteiger partial charge in [-0.05, 0) is 23.6 Å². The quantitative estimate of drug-likeness (QED) is 0.367. The molecule has 0 saturated carbocycles. The summed E-state index contributed by atoms with van der Waals surface area (Å²) in [4.78, 5) is 24.6. The van der Waals surface area contributed by atoms with E-state index in [9.17, 15) is 9.59 Å². The number of aromatic nitrogens is 5. The van der Waals surface area contributed by atoms with Gasteiger partial charge in [0, 0.05) is 17.6 Å². The second-order valence-corrected chi connectivity index (χ2v) is 8.35. The van der Waals surface area contributed by atoms with Crippen molar-refractivity contribution in [1.29, 1.82) is 0 Å². The predicted octanol–water partition coefficient (Wildman–Crippen LogP) is 3.44. The Morgan fingerprint density at radius 2 is 1.88 bits per heavy atom. The number of carbonyl (C=O) groups excluding carboxylic acids is 1. The maximum atomic E-state index is 12.5. The summed E-state index contributed by atoms with van der Waals surface area (Å²) in [6.45, 7) is 0.918. The lowest BCUT2D eigenvalue weighted by atomic mass is 10.1. The SMILES string of the molecule is O=C(CSc1n[nH]c(=O)n1CCc1ccccc1)Nc1ccnn1Cc1ccccc1Cl. The van der Waals surface area contributed by atoms with Gasteiger partial charge < -0.3 is 5.32 Å². The highest BCUT2D eigenvalue weighted by molar-refractivity contribution is 7.99. The number of thioether (sulfide) groups is 1. The van der Waals surface area contributed by atoms with Gasteiger partial charge in [-0.3, -0.25) is 9.36 Å². The van der Waals surface area contributed by atoms with Gasteiger partial charge in [-0.2, -0.15) is 5.10 Å². The Bertz CT molecular complexity index is 1250. The van der Waals surface area contributed by atoms with Crippen molar-refractivity contribution in [2.45, 2.75) is 24.7 Å². The second kappa shape index (κ2) is 10.3. The second-order valence-electron chi connectivity index (χ2n) is 7.00. The molecule has 2 aromatic heterocycles. The number of amides is 1. The molecule has 0 unspecified atom stereocenters. The molecule has 32 heavy (non-hydrogen) atoms. The molecular weight excluding hydrogens is 448 g/mol. The molecule has 4 rings (SSSR count). The van der Waals surface area contributed by atoms with Crippen LogP contribution in [0.5, 0.6) is 0 Å². The third-order valence-corrected chi connectivity index (χ3v) is 6.13. The fraction of sp³-hybridized carbons (Fsp3) is 0.182. The van der Waals surface area contributed by atoms with Gasteiger partial charge in [0.05, 0.1) is 18.5 Å². The number of nitrogens with zero attached hydrogens (tertiary/aromatic N) is 4. The van der Waals surface area contributed by atoms with Crippen molar-refractivity contribution in [1.82, 2.24) is 24.5 Å². The number of hydrogen-bond acceptors (Lipinski definition) is 5. The molecule has 10 heteroatoms. The van der Waals surface area contributed by atoms with Crippen LogP contribution in [0.15, 0.2) is 76.8 Å². The minimum absolute atomic E-state index is 0.104. The largest absolute Gasteiger partial charge is 0.343 e. The number of hydrogen-bond donors (Lipinski definition) is 2. The van der Waals surface area contributed by atoms with Crippen molar-refractivity contribution >= 4 is 35.1 Å². The molecule has 0 bridgehead atoms. The van der Waals surface area contributed by atoms with Crippen LogP contribution < -0.4 is 11.0 Å². The van der Waals surface area contributed by atoms with Crippen molar-refractivity contribution in [2.75, 3.05) is 11.1 Å². The summed E-state index contributed by atoms with van der Waals surface area (Å²) in [5, 5.41) is 14.8. The van der Waals surface area contributed by atoms with Crippen LogP contribution in [0.2, 0.25) is 5.02 Å². The summed E-state index contributed by atoms with van der Waals surface area (Å²) in [6.07, 6.45) is 2.32. The normalized spacial score (nSPS) is 10.9. The van der Waals surface area contributed by atoms with Crippen molar-refractivity contribution in [3.63, 3.8) is 0 Å². The molecule has 0 saturated heterocycles. The van der Waals surface area contributed by atoms with Crippen LogP contribution in [0.3, 0.4) is 0 Å². The van der Waals surface area contributed by atoms with E-state index >= 15 is 0 Å². The standard InChI is InChI=1S/C22H21ClN6O2S/c23-18-9-5-4-8-17(18)14-29-19(10-12-24-29)25-20(30)15-32-22-27-26-21(31)28(22)13-11-16-6-2-1-3-7-16/h1-10,12H,11,13-15H2,(H,25,30)(H,26,31). The molecule has 4 aromatic rings. The number of rotatable bonds is 9. The van der Waals surface area contributed by atoms with Crippen LogP contribution in [0.25, 0.3) is 0 Å². The zero-order valence-electron chi connectivity index (χ0n) is 17.1. The highest BCUT2D eigenvalue weighted by atomic mass is 35.5. The molecule has 0 spiro atoms. The summed E-state index contributed by atoms with van der Waals surface area (Å²) in [7, 11) is 0. The Morgan fingerprint density at radius 1 is 1.09 bits per heavy atom. The summed E-state index contributed by atoms with van der Waals surface area (Å²) in [5.41, 5.74) is 1.74. The first-order chi connectivity index (χ1) is 15.6. The first kappa shape index (κ1) is 21.9. The Morgan fingerprint density at radius 3 is 2.69 bits per heavy atom. The van der Waals surface area contributed by atoms with Gasteiger partial charge >= 0.3 is 5.69 Å². The molecule has 0 atom stereocenters. The van der Waals surface area contributed by atoms with Crippen LogP contribution in [-0.2, 0) is 24.3 Å². The fourth-order valence-electron chi connectivity index (χ4n) is 3.16. The van der Waals surface area contributed by atoms with Gasteiger partial charge in [0.1, 0.15) is 5.82 Å². The molecule has 0 aliphatic heterocycles. The lowest BCUT2D eigenvalue weighted by Crippen LogP contribution is -2.20. The van der Waals surface area contributed by atoms with Crippen molar-refractivity contribution in [3.8, 4) is 0 Å². The Hall–Kier alpha value is -3.30.